The summed E-state index contributed by atoms with van der Waals surface area (Å²) in [5.41, 5.74) is -1.02. The van der Waals surface area contributed by atoms with Gasteiger partial charge in [0.05, 0.1) is 4.92 Å². The molecule has 1 aromatic rings. The molecular formula is C9H10F2N2O3. The van der Waals surface area contributed by atoms with Gasteiger partial charge in [-0.05, 0) is 6.42 Å². The first-order valence-corrected chi connectivity index (χ1v) is 4.54. The average Bonchev–Trinajstić information content (AvgIpc) is 2.16. The van der Waals surface area contributed by atoms with Crippen molar-refractivity contribution in [3.8, 4) is 0 Å². The predicted molar refractivity (Wildman–Crippen MR) is 53.2 cm³/mol. The van der Waals surface area contributed by atoms with Gasteiger partial charge in [0.15, 0.2) is 0 Å². The molecule has 0 aromatic heterocycles. The van der Waals surface area contributed by atoms with Gasteiger partial charge in [-0.25, -0.2) is 4.39 Å². The fourth-order valence-corrected chi connectivity index (χ4v) is 1.19. The Morgan fingerprint density at radius 1 is 1.44 bits per heavy atom. The molecule has 0 heterocycles. The highest BCUT2D eigenvalue weighted by molar-refractivity contribution is 5.62. The lowest BCUT2D eigenvalue weighted by Gasteiger charge is -2.06. The second-order valence-electron chi connectivity index (χ2n) is 3.04. The van der Waals surface area contributed by atoms with Crippen LogP contribution in [0.4, 0.5) is 20.2 Å². The highest BCUT2D eigenvalue weighted by atomic mass is 19.1. The van der Waals surface area contributed by atoms with Gasteiger partial charge in [0.2, 0.25) is 5.82 Å². The third-order valence-corrected chi connectivity index (χ3v) is 1.86. The van der Waals surface area contributed by atoms with Crippen molar-refractivity contribution < 1.29 is 18.8 Å². The highest BCUT2D eigenvalue weighted by Crippen LogP contribution is 2.28. The number of anilines is 1. The number of hydrogen-bond donors (Lipinski definition) is 2. The molecule has 0 saturated carbocycles. The van der Waals surface area contributed by atoms with Crippen LogP contribution in [0.3, 0.4) is 0 Å². The van der Waals surface area contributed by atoms with E-state index in [1.54, 1.807) is 0 Å². The van der Waals surface area contributed by atoms with Gasteiger partial charge in [-0.3, -0.25) is 10.1 Å². The lowest BCUT2D eigenvalue weighted by atomic mass is 10.2. The van der Waals surface area contributed by atoms with Crippen LogP contribution in [0, 0.1) is 21.7 Å². The Morgan fingerprint density at radius 2 is 2.12 bits per heavy atom. The van der Waals surface area contributed by atoms with E-state index < -0.39 is 22.2 Å². The van der Waals surface area contributed by atoms with Crippen LogP contribution < -0.4 is 5.32 Å². The average molecular weight is 232 g/mol. The zero-order valence-corrected chi connectivity index (χ0v) is 8.24. The Kier molecular flexibility index (Phi) is 4.12. The maximum Gasteiger partial charge on any atom is 0.327 e. The Hall–Kier alpha value is -1.76. The minimum atomic E-state index is -1.23. The summed E-state index contributed by atoms with van der Waals surface area (Å²) in [6, 6.07) is 1.30. The normalized spacial score (nSPS) is 10.2. The van der Waals surface area contributed by atoms with Crippen LogP contribution in [-0.4, -0.2) is 23.2 Å². The minimum Gasteiger partial charge on any atom is -0.396 e. The van der Waals surface area contributed by atoms with E-state index in [4.69, 9.17) is 5.11 Å². The lowest BCUT2D eigenvalue weighted by Crippen LogP contribution is -2.07. The summed E-state index contributed by atoms with van der Waals surface area (Å²) < 4.78 is 25.9. The van der Waals surface area contributed by atoms with Crippen LogP contribution in [0.5, 0.6) is 0 Å². The van der Waals surface area contributed by atoms with Gasteiger partial charge >= 0.3 is 5.69 Å². The zero-order valence-electron chi connectivity index (χ0n) is 8.24. The van der Waals surface area contributed by atoms with Gasteiger partial charge in [0.1, 0.15) is 11.5 Å². The number of nitrogens with one attached hydrogen (secondary N) is 1. The number of rotatable bonds is 5. The van der Waals surface area contributed by atoms with E-state index in [9.17, 15) is 18.9 Å². The van der Waals surface area contributed by atoms with Crippen LogP contribution in [0.25, 0.3) is 0 Å². The predicted octanol–water partition coefficient (Wildman–Crippen LogP) is 1.67. The number of nitro groups is 1. The summed E-state index contributed by atoms with van der Waals surface area (Å²) in [6.45, 7) is 0.0822. The van der Waals surface area contributed by atoms with Gasteiger partial charge in [-0.1, -0.05) is 0 Å². The Morgan fingerprint density at radius 3 is 2.69 bits per heavy atom. The molecule has 0 atom stereocenters. The van der Waals surface area contributed by atoms with Gasteiger partial charge in [-0.2, -0.15) is 4.39 Å². The lowest BCUT2D eigenvalue weighted by molar-refractivity contribution is -0.386. The molecule has 2 N–H and O–H groups in total. The maximum atomic E-state index is 13.1. The molecule has 0 radical (unpaired) electrons. The van der Waals surface area contributed by atoms with E-state index in [0.717, 1.165) is 6.07 Å². The van der Waals surface area contributed by atoms with Crippen molar-refractivity contribution in [2.24, 2.45) is 0 Å². The quantitative estimate of drug-likeness (QED) is 0.460. The van der Waals surface area contributed by atoms with E-state index in [0.29, 0.717) is 12.5 Å². The molecule has 5 nitrogen and oxygen atoms in total. The summed E-state index contributed by atoms with van der Waals surface area (Å²) in [6.07, 6.45) is 0.329. The van der Waals surface area contributed by atoms with Crippen LogP contribution in [0.2, 0.25) is 0 Å². The van der Waals surface area contributed by atoms with Crippen molar-refractivity contribution in [3.63, 3.8) is 0 Å². The Bertz CT molecular complexity index is 399. The van der Waals surface area contributed by atoms with Crippen molar-refractivity contribution in [2.75, 3.05) is 18.5 Å². The molecule has 0 aliphatic heterocycles. The van der Waals surface area contributed by atoms with Crippen LogP contribution in [0.15, 0.2) is 12.1 Å². The number of hydrogen-bond acceptors (Lipinski definition) is 4. The van der Waals surface area contributed by atoms with Crippen molar-refractivity contribution in [2.45, 2.75) is 6.42 Å². The first-order chi connectivity index (χ1) is 7.56. The molecule has 0 unspecified atom stereocenters. The SMILES string of the molecule is O=[N+]([O-])c1c(F)cc(F)cc1NCCCO. The second kappa shape index (κ2) is 5.36. The molecule has 0 amide bonds. The summed E-state index contributed by atoms with van der Waals surface area (Å²) in [5.74, 6) is -2.12. The first kappa shape index (κ1) is 12.3. The minimum absolute atomic E-state index is 0.113. The number of halogens is 2. The topological polar surface area (TPSA) is 75.4 Å². The third-order valence-electron chi connectivity index (χ3n) is 1.86. The Balaban J connectivity index is 2.99. The van der Waals surface area contributed by atoms with Gasteiger partial charge in [0, 0.05) is 25.3 Å². The summed E-state index contributed by atoms with van der Waals surface area (Å²) in [5, 5.41) is 21.5. The van der Waals surface area contributed by atoms with E-state index >= 15 is 0 Å². The number of aliphatic hydroxyl groups is 1. The summed E-state index contributed by atoms with van der Waals surface area (Å²) in [7, 11) is 0. The molecule has 88 valence electrons. The monoisotopic (exact) mass is 232 g/mol. The van der Waals surface area contributed by atoms with E-state index in [-0.39, 0.29) is 18.8 Å². The van der Waals surface area contributed by atoms with Crippen molar-refractivity contribution in [1.82, 2.24) is 0 Å². The van der Waals surface area contributed by atoms with Crippen molar-refractivity contribution >= 4 is 11.4 Å². The molecular weight excluding hydrogens is 222 g/mol. The molecule has 1 rings (SSSR count). The highest BCUT2D eigenvalue weighted by Gasteiger charge is 2.21. The van der Waals surface area contributed by atoms with E-state index in [2.05, 4.69) is 5.32 Å². The largest absolute Gasteiger partial charge is 0.396 e. The fraction of sp³-hybridized carbons (Fsp3) is 0.333. The van der Waals surface area contributed by atoms with Crippen LogP contribution in [0.1, 0.15) is 6.42 Å². The molecule has 0 spiro atoms. The number of benzene rings is 1. The molecule has 0 aliphatic rings. The van der Waals surface area contributed by atoms with Crippen LogP contribution in [-0.2, 0) is 0 Å². The van der Waals surface area contributed by atoms with Crippen molar-refractivity contribution in [3.05, 3.63) is 33.9 Å². The number of aliphatic hydroxyl groups excluding tert-OH is 1. The smallest absolute Gasteiger partial charge is 0.327 e. The van der Waals surface area contributed by atoms with Crippen LogP contribution >= 0.6 is 0 Å². The first-order valence-electron chi connectivity index (χ1n) is 4.54. The molecule has 7 heteroatoms. The fourth-order valence-electron chi connectivity index (χ4n) is 1.19. The van der Waals surface area contributed by atoms with E-state index in [1.165, 1.54) is 0 Å². The standard InChI is InChI=1S/C9H10F2N2O3/c10-6-4-7(11)9(13(15)16)8(5-6)12-2-1-3-14/h4-5,12,14H,1-3H2. The maximum absolute atomic E-state index is 13.1. The zero-order chi connectivity index (χ0) is 12.1. The Labute approximate surface area is 89.9 Å². The summed E-state index contributed by atoms with van der Waals surface area (Å²) >= 11 is 0. The molecule has 1 aromatic carbocycles. The van der Waals surface area contributed by atoms with Gasteiger partial charge < -0.3 is 10.4 Å². The molecule has 0 aliphatic carbocycles. The second-order valence-corrected chi connectivity index (χ2v) is 3.04. The van der Waals surface area contributed by atoms with Gasteiger partial charge in [0.25, 0.3) is 0 Å². The molecule has 0 saturated heterocycles. The van der Waals surface area contributed by atoms with Gasteiger partial charge in [-0.15, -0.1) is 0 Å². The van der Waals surface area contributed by atoms with Crippen molar-refractivity contribution in [1.29, 1.82) is 0 Å². The van der Waals surface area contributed by atoms with E-state index in [1.807, 2.05) is 0 Å². The number of nitro benzene ring substituents is 1. The number of nitrogens with zero attached hydrogens (tertiary/aromatic N) is 1. The molecule has 0 bridgehead atoms. The summed E-state index contributed by atoms with van der Waals surface area (Å²) in [4.78, 5) is 9.62. The molecule has 0 fully saturated rings. The third kappa shape index (κ3) is 2.86. The molecule has 16 heavy (non-hydrogen) atoms.